The number of nitrogens with zero attached hydrogens (tertiary/aromatic N) is 1. The van der Waals surface area contributed by atoms with Crippen molar-refractivity contribution < 1.29 is 14.7 Å². The highest BCUT2D eigenvalue weighted by atomic mass is 16.4. The van der Waals surface area contributed by atoms with Crippen molar-refractivity contribution in [1.29, 1.82) is 0 Å². The van der Waals surface area contributed by atoms with Gasteiger partial charge in [-0.1, -0.05) is 0 Å². The molecule has 0 unspecified atom stereocenters. The van der Waals surface area contributed by atoms with Crippen LogP contribution >= 0.6 is 0 Å². The Morgan fingerprint density at radius 1 is 1.45 bits per heavy atom. The normalized spacial score (nSPS) is 17.8. The minimum Gasteiger partial charge on any atom is -0.465 e. The fourth-order valence-corrected chi connectivity index (χ4v) is 1.07. The number of hydrogen-bond acceptors (Lipinski definition) is 2. The van der Waals surface area contributed by atoms with Crippen LogP contribution in [0.5, 0.6) is 0 Å². The maximum Gasteiger partial charge on any atom is 0.407 e. The van der Waals surface area contributed by atoms with Crippen molar-refractivity contribution in [3.05, 3.63) is 5.57 Å². The summed E-state index contributed by atoms with van der Waals surface area (Å²) >= 11 is 0. The van der Waals surface area contributed by atoms with Gasteiger partial charge in [0.1, 0.15) is 5.94 Å². The Hall–Kier alpha value is -1.28. The molecule has 1 N–H and O–H groups in total. The molecule has 1 heterocycles. The molecule has 4 heteroatoms. The van der Waals surface area contributed by atoms with Crippen LogP contribution in [0.1, 0.15) is 12.8 Å². The van der Waals surface area contributed by atoms with Gasteiger partial charge < -0.3 is 10.0 Å². The number of likely N-dealkylation sites (tertiary alicyclic amines) is 1. The monoisotopic (exact) mass is 155 g/mol. The summed E-state index contributed by atoms with van der Waals surface area (Å²) in [4.78, 5) is 21.8. The lowest BCUT2D eigenvalue weighted by Gasteiger charge is -2.23. The Bertz CT molecular complexity index is 208. The predicted molar refractivity (Wildman–Crippen MR) is 38.0 cm³/mol. The molecule has 0 aromatic heterocycles. The van der Waals surface area contributed by atoms with Gasteiger partial charge in [-0.25, -0.2) is 9.59 Å². The van der Waals surface area contributed by atoms with E-state index < -0.39 is 6.09 Å². The third-order valence-electron chi connectivity index (χ3n) is 1.78. The first-order valence-corrected chi connectivity index (χ1v) is 3.45. The van der Waals surface area contributed by atoms with Crippen LogP contribution in [0, 0.1) is 0 Å². The molecule has 1 aliphatic rings. The fourth-order valence-electron chi connectivity index (χ4n) is 1.07. The van der Waals surface area contributed by atoms with Gasteiger partial charge in [-0.15, -0.1) is 0 Å². The molecule has 1 amide bonds. The Morgan fingerprint density at radius 3 is 2.36 bits per heavy atom. The van der Waals surface area contributed by atoms with Gasteiger partial charge in [0.05, 0.1) is 0 Å². The van der Waals surface area contributed by atoms with Crippen LogP contribution < -0.4 is 0 Å². The van der Waals surface area contributed by atoms with E-state index in [1.54, 1.807) is 0 Å². The Balaban J connectivity index is 2.48. The fraction of sp³-hybridized carbons (Fsp3) is 0.571. The first-order valence-electron chi connectivity index (χ1n) is 3.45. The van der Waals surface area contributed by atoms with Gasteiger partial charge in [-0.05, 0) is 12.8 Å². The third kappa shape index (κ3) is 1.82. The lowest BCUT2D eigenvalue weighted by atomic mass is 10.1. The maximum absolute atomic E-state index is 10.4. The van der Waals surface area contributed by atoms with Crippen molar-refractivity contribution in [3.63, 3.8) is 0 Å². The molecule has 11 heavy (non-hydrogen) atoms. The highest BCUT2D eigenvalue weighted by Gasteiger charge is 2.17. The van der Waals surface area contributed by atoms with E-state index in [-0.39, 0.29) is 0 Å². The molecule has 0 atom stereocenters. The molecular weight excluding hydrogens is 146 g/mol. The van der Waals surface area contributed by atoms with Crippen molar-refractivity contribution in [2.24, 2.45) is 0 Å². The van der Waals surface area contributed by atoms with Crippen molar-refractivity contribution in [3.8, 4) is 0 Å². The lowest BCUT2D eigenvalue weighted by molar-refractivity contribution is 0.142. The standard InChI is InChI=1S/C7H9NO3/c9-5-6-1-3-8(4-2-6)7(10)11/h1-4H2,(H,10,11). The summed E-state index contributed by atoms with van der Waals surface area (Å²) < 4.78 is 0. The summed E-state index contributed by atoms with van der Waals surface area (Å²) in [6.07, 6.45) is 0.168. The van der Waals surface area contributed by atoms with Crippen molar-refractivity contribution >= 4 is 12.0 Å². The Kier molecular flexibility index (Phi) is 2.28. The van der Waals surface area contributed by atoms with Gasteiger partial charge in [-0.2, -0.15) is 0 Å². The van der Waals surface area contributed by atoms with Crippen LogP contribution in [0.15, 0.2) is 5.57 Å². The zero-order valence-corrected chi connectivity index (χ0v) is 6.04. The van der Waals surface area contributed by atoms with Gasteiger partial charge in [0.25, 0.3) is 0 Å². The Labute approximate surface area is 64.1 Å². The molecule has 0 aromatic rings. The topological polar surface area (TPSA) is 57.6 Å². The van der Waals surface area contributed by atoms with E-state index in [4.69, 9.17) is 5.11 Å². The smallest absolute Gasteiger partial charge is 0.407 e. The van der Waals surface area contributed by atoms with Crippen molar-refractivity contribution in [2.75, 3.05) is 13.1 Å². The molecule has 1 aliphatic heterocycles. The third-order valence-corrected chi connectivity index (χ3v) is 1.78. The molecule has 0 spiro atoms. The maximum atomic E-state index is 10.4. The van der Waals surface area contributed by atoms with Gasteiger partial charge in [0.15, 0.2) is 0 Å². The summed E-state index contributed by atoms with van der Waals surface area (Å²) in [5, 5.41) is 8.52. The number of carboxylic acid groups (broad SMARTS) is 1. The zero-order valence-electron chi connectivity index (χ0n) is 6.04. The quantitative estimate of drug-likeness (QED) is 0.519. The van der Waals surface area contributed by atoms with E-state index in [9.17, 15) is 9.59 Å². The second-order valence-electron chi connectivity index (χ2n) is 2.48. The van der Waals surface area contributed by atoms with E-state index in [0.717, 1.165) is 0 Å². The minimum atomic E-state index is -0.907. The van der Waals surface area contributed by atoms with E-state index in [2.05, 4.69) is 0 Å². The summed E-state index contributed by atoms with van der Waals surface area (Å²) in [7, 11) is 0. The van der Waals surface area contributed by atoms with Crippen LogP contribution in [0.2, 0.25) is 0 Å². The largest absolute Gasteiger partial charge is 0.465 e. The second-order valence-corrected chi connectivity index (χ2v) is 2.48. The van der Waals surface area contributed by atoms with Gasteiger partial charge >= 0.3 is 6.09 Å². The van der Waals surface area contributed by atoms with Crippen LogP contribution in [-0.4, -0.2) is 35.1 Å². The molecule has 0 saturated carbocycles. The van der Waals surface area contributed by atoms with Crippen LogP contribution in [0.3, 0.4) is 0 Å². The summed E-state index contributed by atoms with van der Waals surface area (Å²) in [5.41, 5.74) is 0.697. The average molecular weight is 155 g/mol. The molecule has 0 aromatic carbocycles. The molecule has 0 aliphatic carbocycles. The number of rotatable bonds is 0. The molecule has 1 saturated heterocycles. The Morgan fingerprint density at radius 2 is 2.00 bits per heavy atom. The summed E-state index contributed by atoms with van der Waals surface area (Å²) in [6.45, 7) is 0.861. The van der Waals surface area contributed by atoms with Gasteiger partial charge in [0, 0.05) is 18.7 Å². The molecule has 1 fully saturated rings. The lowest BCUT2D eigenvalue weighted by Crippen LogP contribution is -2.35. The number of piperidine rings is 1. The van der Waals surface area contributed by atoms with Crippen LogP contribution in [-0.2, 0) is 4.79 Å². The van der Waals surface area contributed by atoms with Gasteiger partial charge in [0.2, 0.25) is 0 Å². The summed E-state index contributed by atoms with van der Waals surface area (Å²) in [6, 6.07) is 0. The van der Waals surface area contributed by atoms with Crippen molar-refractivity contribution in [2.45, 2.75) is 12.8 Å². The van der Waals surface area contributed by atoms with Crippen molar-refractivity contribution in [1.82, 2.24) is 4.90 Å². The second kappa shape index (κ2) is 3.21. The molecule has 4 nitrogen and oxygen atoms in total. The SMILES string of the molecule is O=C=C1CCN(C(=O)O)CC1. The van der Waals surface area contributed by atoms with Gasteiger partial charge in [-0.3, -0.25) is 0 Å². The highest BCUT2D eigenvalue weighted by molar-refractivity contribution is 5.65. The van der Waals surface area contributed by atoms with E-state index in [1.165, 1.54) is 4.90 Å². The first kappa shape index (κ1) is 7.82. The summed E-state index contributed by atoms with van der Waals surface area (Å²) in [5.74, 6) is 1.81. The highest BCUT2D eigenvalue weighted by Crippen LogP contribution is 2.12. The minimum absolute atomic E-state index is 0.430. The average Bonchev–Trinajstić information content (AvgIpc) is 2.05. The molecule has 60 valence electrons. The van der Waals surface area contributed by atoms with Crippen LogP contribution in [0.25, 0.3) is 0 Å². The zero-order chi connectivity index (χ0) is 8.27. The number of carbonyl (C=O) groups excluding carboxylic acids is 1. The van der Waals surface area contributed by atoms with E-state index >= 15 is 0 Å². The predicted octanol–water partition coefficient (Wildman–Crippen LogP) is 0.518. The number of amides is 1. The molecule has 0 radical (unpaired) electrons. The molecular formula is C7H9NO3. The van der Waals surface area contributed by atoms with E-state index in [0.29, 0.717) is 31.5 Å². The van der Waals surface area contributed by atoms with E-state index in [1.807, 2.05) is 5.94 Å². The number of carbonyl (C=O) groups is 1. The van der Waals surface area contributed by atoms with Crippen LogP contribution in [0.4, 0.5) is 4.79 Å². The molecule has 1 rings (SSSR count). The molecule has 0 bridgehead atoms. The number of hydrogen-bond donors (Lipinski definition) is 1. The first-order chi connectivity index (χ1) is 5.24.